The summed E-state index contributed by atoms with van der Waals surface area (Å²) in [4.78, 5) is 28.1. The molecular weight excluding hydrogens is 354 g/mol. The lowest BCUT2D eigenvalue weighted by atomic mass is 10.0. The maximum absolute atomic E-state index is 12.2. The first-order valence-corrected chi connectivity index (χ1v) is 10.6. The zero-order chi connectivity index (χ0) is 19.8. The monoisotopic (exact) mass is 387 g/mol. The maximum Gasteiger partial charge on any atom is 0.220 e. The zero-order valence-electron chi connectivity index (χ0n) is 17.0. The van der Waals surface area contributed by atoms with Crippen LogP contribution in [0.15, 0.2) is 18.2 Å². The van der Waals surface area contributed by atoms with Crippen LogP contribution in [-0.4, -0.2) is 60.9 Å². The summed E-state index contributed by atoms with van der Waals surface area (Å²) in [6.07, 6.45) is 6.17. The van der Waals surface area contributed by atoms with Crippen LogP contribution in [0.25, 0.3) is 0 Å². The third kappa shape index (κ3) is 6.23. The summed E-state index contributed by atoms with van der Waals surface area (Å²) in [5.74, 6) is 1.01. The molecule has 0 spiro atoms. The van der Waals surface area contributed by atoms with Crippen molar-refractivity contribution in [1.29, 1.82) is 0 Å². The summed E-state index contributed by atoms with van der Waals surface area (Å²) in [7, 11) is 0. The highest BCUT2D eigenvalue weighted by Gasteiger charge is 2.17. The Morgan fingerprint density at radius 2 is 1.96 bits per heavy atom. The Morgan fingerprint density at radius 3 is 2.75 bits per heavy atom. The minimum Gasteiger partial charge on any atom is -0.491 e. The number of carbonyl (C=O) groups excluding carboxylic acids is 2. The van der Waals surface area contributed by atoms with E-state index in [9.17, 15) is 9.59 Å². The number of aryl methyl sites for hydroxylation is 1. The highest BCUT2D eigenvalue weighted by molar-refractivity contribution is 5.76. The van der Waals surface area contributed by atoms with Crippen molar-refractivity contribution in [2.24, 2.45) is 0 Å². The van der Waals surface area contributed by atoms with E-state index in [2.05, 4.69) is 16.3 Å². The minimum absolute atomic E-state index is 0.0609. The predicted octanol–water partition coefficient (Wildman–Crippen LogP) is 2.35. The van der Waals surface area contributed by atoms with Crippen molar-refractivity contribution < 1.29 is 14.3 Å². The first kappa shape index (κ1) is 20.6. The van der Waals surface area contributed by atoms with Crippen molar-refractivity contribution in [2.45, 2.75) is 52.0 Å². The molecule has 154 valence electrons. The number of benzene rings is 1. The molecule has 0 unspecified atom stereocenters. The van der Waals surface area contributed by atoms with Crippen LogP contribution in [0, 0.1) is 0 Å². The van der Waals surface area contributed by atoms with Gasteiger partial charge in [0.15, 0.2) is 0 Å². The van der Waals surface area contributed by atoms with E-state index in [1.165, 1.54) is 32.4 Å². The average Bonchev–Trinajstić information content (AvgIpc) is 2.92. The van der Waals surface area contributed by atoms with Crippen molar-refractivity contribution in [3.8, 4) is 5.75 Å². The molecule has 3 rings (SSSR count). The number of amides is 2. The van der Waals surface area contributed by atoms with E-state index >= 15 is 0 Å². The molecule has 0 aromatic heterocycles. The number of carbonyl (C=O) groups is 2. The zero-order valence-corrected chi connectivity index (χ0v) is 17.0. The Bertz CT molecular complexity index is 671. The second kappa shape index (κ2) is 10.5. The van der Waals surface area contributed by atoms with Crippen LogP contribution in [0.3, 0.4) is 0 Å². The van der Waals surface area contributed by atoms with Crippen LogP contribution in [0.5, 0.6) is 5.75 Å². The van der Waals surface area contributed by atoms with Gasteiger partial charge in [0.1, 0.15) is 12.4 Å². The van der Waals surface area contributed by atoms with Crippen molar-refractivity contribution in [1.82, 2.24) is 15.1 Å². The van der Waals surface area contributed by atoms with Crippen LogP contribution in [0.4, 0.5) is 0 Å². The molecule has 2 aliphatic heterocycles. The van der Waals surface area contributed by atoms with Gasteiger partial charge in [0.25, 0.3) is 0 Å². The Balaban J connectivity index is 1.40. The SMILES string of the molecule is CC(=O)N1CCOc2ccc(CCC(=O)NCCCN3CCCCC3)cc2C1. The Hall–Kier alpha value is -2.08. The van der Waals surface area contributed by atoms with Gasteiger partial charge in [0.2, 0.25) is 11.8 Å². The van der Waals surface area contributed by atoms with Gasteiger partial charge in [-0.3, -0.25) is 9.59 Å². The molecule has 2 aliphatic rings. The molecule has 6 heteroatoms. The molecule has 28 heavy (non-hydrogen) atoms. The lowest BCUT2D eigenvalue weighted by molar-refractivity contribution is -0.129. The lowest BCUT2D eigenvalue weighted by Gasteiger charge is -2.26. The first-order chi connectivity index (χ1) is 13.6. The molecule has 1 aromatic rings. The summed E-state index contributed by atoms with van der Waals surface area (Å²) in [6, 6.07) is 6.05. The molecule has 1 fully saturated rings. The second-order valence-electron chi connectivity index (χ2n) is 7.84. The molecular formula is C22H33N3O3. The Morgan fingerprint density at radius 1 is 1.14 bits per heavy atom. The number of nitrogens with zero attached hydrogens (tertiary/aromatic N) is 2. The highest BCUT2D eigenvalue weighted by atomic mass is 16.5. The van der Waals surface area contributed by atoms with Gasteiger partial charge in [-0.25, -0.2) is 0 Å². The third-order valence-electron chi connectivity index (χ3n) is 5.61. The molecule has 0 atom stereocenters. The van der Waals surface area contributed by atoms with E-state index in [4.69, 9.17) is 4.74 Å². The number of hydrogen-bond donors (Lipinski definition) is 1. The van der Waals surface area contributed by atoms with Gasteiger partial charge in [0, 0.05) is 32.0 Å². The molecule has 1 saturated heterocycles. The maximum atomic E-state index is 12.2. The van der Waals surface area contributed by atoms with Crippen LogP contribution in [0.2, 0.25) is 0 Å². The molecule has 0 radical (unpaired) electrons. The number of hydrogen-bond acceptors (Lipinski definition) is 4. The fraction of sp³-hybridized carbons (Fsp3) is 0.636. The normalized spacial score (nSPS) is 17.4. The van der Waals surface area contributed by atoms with Crippen LogP contribution in [-0.2, 0) is 22.6 Å². The standard InChI is InChI=1S/C22H33N3O3/c1-18(26)25-14-15-28-21-8-6-19(16-20(21)17-25)7-9-22(27)23-10-5-13-24-11-3-2-4-12-24/h6,8,16H,2-5,7,9-15,17H2,1H3,(H,23,27). The molecule has 2 amide bonds. The van der Waals surface area contributed by atoms with E-state index in [0.717, 1.165) is 36.4 Å². The van der Waals surface area contributed by atoms with Gasteiger partial charge in [-0.1, -0.05) is 18.6 Å². The summed E-state index contributed by atoms with van der Waals surface area (Å²) in [6.45, 7) is 7.53. The number of ether oxygens (including phenoxy) is 1. The highest BCUT2D eigenvalue weighted by Crippen LogP contribution is 2.25. The molecule has 1 N–H and O–H groups in total. The topological polar surface area (TPSA) is 61.9 Å². The number of nitrogens with one attached hydrogen (secondary N) is 1. The number of piperidine rings is 1. The van der Waals surface area contributed by atoms with E-state index in [1.807, 2.05) is 12.1 Å². The van der Waals surface area contributed by atoms with Gasteiger partial charge in [-0.15, -0.1) is 0 Å². The van der Waals surface area contributed by atoms with Crippen LogP contribution >= 0.6 is 0 Å². The number of fused-ring (bicyclic) bond motifs is 1. The van der Waals surface area contributed by atoms with Crippen molar-refractivity contribution in [2.75, 3.05) is 39.3 Å². The first-order valence-electron chi connectivity index (χ1n) is 10.6. The van der Waals surface area contributed by atoms with Gasteiger partial charge in [0.05, 0.1) is 6.54 Å². The second-order valence-corrected chi connectivity index (χ2v) is 7.84. The number of rotatable bonds is 7. The molecule has 6 nitrogen and oxygen atoms in total. The van der Waals surface area contributed by atoms with Crippen LogP contribution < -0.4 is 10.1 Å². The summed E-state index contributed by atoms with van der Waals surface area (Å²) >= 11 is 0. The van der Waals surface area contributed by atoms with Crippen molar-refractivity contribution >= 4 is 11.8 Å². The quantitative estimate of drug-likeness (QED) is 0.730. The fourth-order valence-corrected chi connectivity index (χ4v) is 3.93. The van der Waals surface area contributed by atoms with Gasteiger partial charge >= 0.3 is 0 Å². The van der Waals surface area contributed by atoms with E-state index in [0.29, 0.717) is 32.5 Å². The Kier molecular flexibility index (Phi) is 7.71. The third-order valence-corrected chi connectivity index (χ3v) is 5.61. The average molecular weight is 388 g/mol. The van der Waals surface area contributed by atoms with Crippen molar-refractivity contribution in [3.05, 3.63) is 29.3 Å². The molecule has 2 heterocycles. The molecule has 1 aromatic carbocycles. The van der Waals surface area contributed by atoms with Gasteiger partial charge < -0.3 is 19.9 Å². The summed E-state index contributed by atoms with van der Waals surface area (Å²) in [5.41, 5.74) is 2.13. The predicted molar refractivity (Wildman–Crippen MR) is 109 cm³/mol. The Labute approximate surface area is 168 Å². The molecule has 0 saturated carbocycles. The van der Waals surface area contributed by atoms with E-state index < -0.39 is 0 Å². The van der Waals surface area contributed by atoms with E-state index in [-0.39, 0.29) is 11.8 Å². The number of likely N-dealkylation sites (tertiary alicyclic amines) is 1. The molecule has 0 aliphatic carbocycles. The van der Waals surface area contributed by atoms with Crippen molar-refractivity contribution in [3.63, 3.8) is 0 Å². The van der Waals surface area contributed by atoms with Gasteiger partial charge in [-0.05, 0) is 56.9 Å². The summed E-state index contributed by atoms with van der Waals surface area (Å²) in [5, 5.41) is 3.04. The summed E-state index contributed by atoms with van der Waals surface area (Å²) < 4.78 is 5.75. The van der Waals surface area contributed by atoms with E-state index in [1.54, 1.807) is 11.8 Å². The smallest absolute Gasteiger partial charge is 0.220 e. The lowest BCUT2D eigenvalue weighted by Crippen LogP contribution is -2.33. The van der Waals surface area contributed by atoms with Gasteiger partial charge in [-0.2, -0.15) is 0 Å². The largest absolute Gasteiger partial charge is 0.491 e. The van der Waals surface area contributed by atoms with Crippen LogP contribution in [0.1, 0.15) is 50.2 Å². The minimum atomic E-state index is 0.0609. The fourth-order valence-electron chi connectivity index (χ4n) is 3.93. The molecule has 0 bridgehead atoms.